The van der Waals surface area contributed by atoms with Crippen molar-refractivity contribution in [3.05, 3.63) is 63.7 Å². The van der Waals surface area contributed by atoms with Crippen LogP contribution in [-0.4, -0.2) is 32.0 Å². The normalized spacial score (nSPS) is 11.3. The van der Waals surface area contributed by atoms with Crippen molar-refractivity contribution in [1.29, 1.82) is 0 Å². The van der Waals surface area contributed by atoms with Gasteiger partial charge in [0.05, 0.1) is 22.4 Å². The lowest BCUT2D eigenvalue weighted by atomic mass is 10.0. The second-order valence-electron chi connectivity index (χ2n) is 6.74. The molecule has 0 spiro atoms. The Bertz CT molecular complexity index is 1000. The fourth-order valence-electron chi connectivity index (χ4n) is 2.90. The molecule has 9 heteroatoms. The van der Waals surface area contributed by atoms with Crippen molar-refractivity contribution in [3.63, 3.8) is 0 Å². The first-order chi connectivity index (χ1) is 13.0. The summed E-state index contributed by atoms with van der Waals surface area (Å²) in [7, 11) is -3.85. The van der Waals surface area contributed by atoms with E-state index in [1.807, 2.05) is 26.0 Å². The van der Waals surface area contributed by atoms with E-state index in [0.29, 0.717) is 5.69 Å². The number of carbonyl (C=O) groups is 1. The number of nitro benzene ring substituents is 1. The van der Waals surface area contributed by atoms with Gasteiger partial charge in [-0.3, -0.25) is 19.2 Å². The van der Waals surface area contributed by atoms with Gasteiger partial charge in [0.1, 0.15) is 6.54 Å². The maximum Gasteiger partial charge on any atom is 0.274 e. The molecule has 0 saturated carbocycles. The SMILES string of the molecule is Cc1c(N(CC(=O)Nc2ccccc2C(C)C)S(C)(=O)=O)cccc1[N+](=O)[O-]. The summed E-state index contributed by atoms with van der Waals surface area (Å²) in [6.45, 7) is 4.94. The molecule has 0 aliphatic heterocycles. The van der Waals surface area contributed by atoms with Crippen LogP contribution in [0.25, 0.3) is 0 Å². The van der Waals surface area contributed by atoms with E-state index in [1.165, 1.54) is 25.1 Å². The van der Waals surface area contributed by atoms with E-state index >= 15 is 0 Å². The molecule has 0 unspecified atom stereocenters. The molecule has 0 atom stereocenters. The summed E-state index contributed by atoms with van der Waals surface area (Å²) >= 11 is 0. The molecule has 0 fully saturated rings. The lowest BCUT2D eigenvalue weighted by Crippen LogP contribution is -2.38. The molecule has 150 valence electrons. The number of anilines is 2. The zero-order valence-corrected chi connectivity index (χ0v) is 17.0. The highest BCUT2D eigenvalue weighted by molar-refractivity contribution is 7.92. The van der Waals surface area contributed by atoms with E-state index in [2.05, 4.69) is 5.32 Å². The van der Waals surface area contributed by atoms with Gasteiger partial charge >= 0.3 is 0 Å². The van der Waals surface area contributed by atoms with Crippen molar-refractivity contribution >= 4 is 33.0 Å². The molecule has 28 heavy (non-hydrogen) atoms. The highest BCUT2D eigenvalue weighted by Gasteiger charge is 2.26. The summed E-state index contributed by atoms with van der Waals surface area (Å²) in [5.74, 6) is -0.369. The third-order valence-electron chi connectivity index (χ3n) is 4.29. The minimum absolute atomic E-state index is 0.101. The van der Waals surface area contributed by atoms with E-state index in [1.54, 1.807) is 12.1 Å². The van der Waals surface area contributed by atoms with Crippen LogP contribution in [0.3, 0.4) is 0 Å². The molecule has 0 aliphatic carbocycles. The number of sulfonamides is 1. The smallest absolute Gasteiger partial charge is 0.274 e. The van der Waals surface area contributed by atoms with Crippen LogP contribution < -0.4 is 9.62 Å². The fourth-order valence-corrected chi connectivity index (χ4v) is 3.80. The van der Waals surface area contributed by atoms with Gasteiger partial charge in [0.15, 0.2) is 0 Å². The maximum atomic E-state index is 12.6. The third-order valence-corrected chi connectivity index (χ3v) is 5.41. The molecule has 1 N–H and O–H groups in total. The zero-order valence-electron chi connectivity index (χ0n) is 16.2. The van der Waals surface area contributed by atoms with Gasteiger partial charge in [-0.1, -0.05) is 38.1 Å². The number of nitrogens with zero attached hydrogens (tertiary/aromatic N) is 2. The minimum atomic E-state index is -3.85. The van der Waals surface area contributed by atoms with E-state index in [4.69, 9.17) is 0 Å². The average molecular weight is 405 g/mol. The van der Waals surface area contributed by atoms with Gasteiger partial charge in [0.25, 0.3) is 5.69 Å². The van der Waals surface area contributed by atoms with Crippen molar-refractivity contribution in [2.45, 2.75) is 26.7 Å². The van der Waals surface area contributed by atoms with Crippen LogP contribution in [0.15, 0.2) is 42.5 Å². The molecule has 0 aromatic heterocycles. The predicted octanol–water partition coefficient (Wildman–Crippen LogP) is 3.43. The first-order valence-corrected chi connectivity index (χ1v) is 10.5. The minimum Gasteiger partial charge on any atom is -0.324 e. The molecule has 2 rings (SSSR count). The highest BCUT2D eigenvalue weighted by atomic mass is 32.2. The molecule has 0 bridgehead atoms. The van der Waals surface area contributed by atoms with E-state index in [-0.39, 0.29) is 22.9 Å². The van der Waals surface area contributed by atoms with Crippen molar-refractivity contribution < 1.29 is 18.1 Å². The summed E-state index contributed by atoms with van der Waals surface area (Å²) in [5.41, 5.74) is 1.59. The van der Waals surface area contributed by atoms with Gasteiger partial charge in [0.2, 0.25) is 15.9 Å². The van der Waals surface area contributed by atoms with Crippen LogP contribution in [0.4, 0.5) is 17.1 Å². The van der Waals surface area contributed by atoms with Gasteiger partial charge in [-0.05, 0) is 30.5 Å². The first-order valence-electron chi connectivity index (χ1n) is 8.63. The summed E-state index contributed by atoms with van der Waals surface area (Å²) in [5, 5.41) is 13.9. The Hall–Kier alpha value is -2.94. The Morgan fingerprint density at radius 2 is 1.82 bits per heavy atom. The topological polar surface area (TPSA) is 110 Å². The lowest BCUT2D eigenvalue weighted by molar-refractivity contribution is -0.385. The Morgan fingerprint density at radius 1 is 1.18 bits per heavy atom. The van der Waals surface area contributed by atoms with Gasteiger partial charge in [-0.25, -0.2) is 8.42 Å². The zero-order chi connectivity index (χ0) is 21.1. The van der Waals surface area contributed by atoms with Crippen LogP contribution in [0, 0.1) is 17.0 Å². The van der Waals surface area contributed by atoms with Gasteiger partial charge in [0, 0.05) is 11.8 Å². The molecule has 2 aromatic rings. The second kappa shape index (κ2) is 8.39. The molecular weight excluding hydrogens is 382 g/mol. The number of benzene rings is 2. The molecule has 0 saturated heterocycles. The third kappa shape index (κ3) is 4.86. The van der Waals surface area contributed by atoms with Gasteiger partial charge < -0.3 is 5.32 Å². The van der Waals surface area contributed by atoms with Gasteiger partial charge in [-0.15, -0.1) is 0 Å². The Balaban J connectivity index is 2.36. The Kier molecular flexibility index (Phi) is 6.40. The molecule has 2 aromatic carbocycles. The molecule has 0 radical (unpaired) electrons. The van der Waals surface area contributed by atoms with E-state index < -0.39 is 27.4 Å². The van der Waals surface area contributed by atoms with Crippen molar-refractivity contribution in [3.8, 4) is 0 Å². The Labute approximate surface area is 164 Å². The van der Waals surface area contributed by atoms with E-state index in [9.17, 15) is 23.3 Å². The first kappa shape index (κ1) is 21.4. The van der Waals surface area contributed by atoms with Crippen molar-refractivity contribution in [1.82, 2.24) is 0 Å². The number of rotatable bonds is 7. The van der Waals surface area contributed by atoms with Crippen molar-refractivity contribution in [2.75, 3.05) is 22.4 Å². The number of nitrogens with one attached hydrogen (secondary N) is 1. The summed E-state index contributed by atoms with van der Waals surface area (Å²) in [6, 6.07) is 11.4. The van der Waals surface area contributed by atoms with E-state index in [0.717, 1.165) is 16.1 Å². The summed E-state index contributed by atoms with van der Waals surface area (Å²) in [4.78, 5) is 23.2. The number of amides is 1. The predicted molar refractivity (Wildman–Crippen MR) is 109 cm³/mol. The van der Waals surface area contributed by atoms with Crippen LogP contribution in [0.2, 0.25) is 0 Å². The van der Waals surface area contributed by atoms with Gasteiger partial charge in [-0.2, -0.15) is 0 Å². The number of nitro groups is 1. The summed E-state index contributed by atoms with van der Waals surface area (Å²) < 4.78 is 25.5. The van der Waals surface area contributed by atoms with Crippen LogP contribution in [0.5, 0.6) is 0 Å². The molecular formula is C19H23N3O5S. The maximum absolute atomic E-state index is 12.6. The number of hydrogen-bond acceptors (Lipinski definition) is 5. The van der Waals surface area contributed by atoms with Crippen LogP contribution in [-0.2, 0) is 14.8 Å². The second-order valence-corrected chi connectivity index (χ2v) is 8.64. The molecule has 0 heterocycles. The fraction of sp³-hybridized carbons (Fsp3) is 0.316. The van der Waals surface area contributed by atoms with Crippen LogP contribution in [0.1, 0.15) is 30.9 Å². The monoisotopic (exact) mass is 405 g/mol. The number of carbonyl (C=O) groups excluding carboxylic acids is 1. The molecule has 1 amide bonds. The molecule has 8 nitrogen and oxygen atoms in total. The average Bonchev–Trinajstić information content (AvgIpc) is 2.59. The highest BCUT2D eigenvalue weighted by Crippen LogP contribution is 2.30. The van der Waals surface area contributed by atoms with Crippen LogP contribution >= 0.6 is 0 Å². The number of hydrogen-bond donors (Lipinski definition) is 1. The Morgan fingerprint density at radius 3 is 2.39 bits per heavy atom. The standard InChI is InChI=1S/C19H23N3O5S/c1-13(2)15-8-5-6-9-16(15)20-19(23)12-21(28(4,26)27)17-10-7-11-18(14(17)3)22(24)25/h5-11,13H,12H2,1-4H3,(H,20,23). The summed E-state index contributed by atoms with van der Waals surface area (Å²) in [6.07, 6.45) is 0.959. The molecule has 0 aliphatic rings. The number of para-hydroxylation sites is 1. The van der Waals surface area contributed by atoms with Crippen molar-refractivity contribution in [2.24, 2.45) is 0 Å². The quantitative estimate of drug-likeness (QED) is 0.560. The lowest BCUT2D eigenvalue weighted by Gasteiger charge is -2.24. The largest absolute Gasteiger partial charge is 0.324 e.